The number of rotatable bonds is 5. The maximum atomic E-state index is 11.9. The highest BCUT2D eigenvalue weighted by Crippen LogP contribution is 2.22. The van der Waals surface area contributed by atoms with E-state index in [9.17, 15) is 4.39 Å². The summed E-state index contributed by atoms with van der Waals surface area (Å²) in [5.41, 5.74) is 1.21. The number of nitrogens with one attached hydrogen (secondary N) is 1. The number of hydrogen-bond acceptors (Lipinski definition) is 1. The zero-order valence-corrected chi connectivity index (χ0v) is 9.85. The van der Waals surface area contributed by atoms with Gasteiger partial charge in [0.1, 0.15) is 0 Å². The summed E-state index contributed by atoms with van der Waals surface area (Å²) in [4.78, 5) is 0. The maximum Gasteiger partial charge on any atom is 0.0906 e. The smallest absolute Gasteiger partial charge is 0.0906 e. The molecule has 0 aliphatic carbocycles. The first-order valence-corrected chi connectivity index (χ1v) is 5.58. The molecule has 0 saturated carbocycles. The summed E-state index contributed by atoms with van der Waals surface area (Å²) >= 11 is 3.49. The van der Waals surface area contributed by atoms with Crippen molar-refractivity contribution in [3.05, 3.63) is 34.3 Å². The molecule has 1 rings (SSSR count). The minimum Gasteiger partial charge on any atom is -0.310 e. The van der Waals surface area contributed by atoms with E-state index >= 15 is 0 Å². The molecule has 0 spiro atoms. The molecule has 3 heteroatoms. The van der Waals surface area contributed by atoms with Crippen LogP contribution >= 0.6 is 15.9 Å². The van der Waals surface area contributed by atoms with Crippen LogP contribution in [0.1, 0.15) is 24.9 Å². The van der Waals surface area contributed by atoms with Crippen molar-refractivity contribution in [3.63, 3.8) is 0 Å². The highest BCUT2D eigenvalue weighted by molar-refractivity contribution is 9.10. The van der Waals surface area contributed by atoms with Gasteiger partial charge in [-0.05, 0) is 31.5 Å². The Hall–Kier alpha value is -0.410. The van der Waals surface area contributed by atoms with Gasteiger partial charge >= 0.3 is 0 Å². The first-order valence-electron chi connectivity index (χ1n) is 4.79. The number of benzene rings is 1. The molecule has 0 amide bonds. The predicted octanol–water partition coefficient (Wildman–Crippen LogP) is 3.46. The van der Waals surface area contributed by atoms with Crippen LogP contribution in [-0.4, -0.2) is 13.2 Å². The van der Waals surface area contributed by atoms with Gasteiger partial charge in [0.2, 0.25) is 0 Å². The molecule has 1 aromatic carbocycles. The van der Waals surface area contributed by atoms with Crippen LogP contribution in [0.2, 0.25) is 0 Å². The average Bonchev–Trinajstić information content (AvgIpc) is 2.18. The second-order valence-corrected chi connectivity index (χ2v) is 4.09. The Bertz CT molecular complexity index is 278. The topological polar surface area (TPSA) is 12.0 Å². The highest BCUT2D eigenvalue weighted by Gasteiger charge is 2.06. The molecule has 0 aromatic heterocycles. The zero-order chi connectivity index (χ0) is 10.4. The lowest BCUT2D eigenvalue weighted by molar-refractivity contribution is 0.445. The Morgan fingerprint density at radius 3 is 2.79 bits per heavy atom. The summed E-state index contributed by atoms with van der Waals surface area (Å²) in [6.07, 6.45) is 0.578. The number of halogens is 2. The Kier molecular flexibility index (Phi) is 5.12. The molecule has 0 aliphatic rings. The van der Waals surface area contributed by atoms with Gasteiger partial charge in [0, 0.05) is 10.5 Å². The number of alkyl halides is 1. The first kappa shape index (κ1) is 11.7. The lowest BCUT2D eigenvalue weighted by atomic mass is 10.1. The summed E-state index contributed by atoms with van der Waals surface area (Å²) < 4.78 is 13.0. The van der Waals surface area contributed by atoms with Gasteiger partial charge in [-0.2, -0.15) is 0 Å². The van der Waals surface area contributed by atoms with E-state index in [1.54, 1.807) is 0 Å². The van der Waals surface area contributed by atoms with Crippen molar-refractivity contribution in [1.82, 2.24) is 5.32 Å². The Morgan fingerprint density at radius 2 is 2.14 bits per heavy atom. The van der Waals surface area contributed by atoms with Crippen LogP contribution in [0.3, 0.4) is 0 Å². The van der Waals surface area contributed by atoms with E-state index in [0.29, 0.717) is 6.42 Å². The van der Waals surface area contributed by atoms with Crippen molar-refractivity contribution >= 4 is 15.9 Å². The fraction of sp³-hybridized carbons (Fsp3) is 0.455. The van der Waals surface area contributed by atoms with Gasteiger partial charge in [0.05, 0.1) is 6.67 Å². The normalized spacial score (nSPS) is 12.8. The van der Waals surface area contributed by atoms with Gasteiger partial charge in [-0.1, -0.05) is 34.1 Å². The van der Waals surface area contributed by atoms with Crippen molar-refractivity contribution in [2.75, 3.05) is 13.2 Å². The van der Waals surface area contributed by atoms with Crippen molar-refractivity contribution in [1.29, 1.82) is 0 Å². The fourth-order valence-electron chi connectivity index (χ4n) is 1.32. The molecule has 0 fully saturated rings. The standard InChI is InChI=1S/C11H15BrFN/c1-9(14-8-4-7-13)10-5-2-3-6-11(10)12/h2-3,5-6,9,14H,4,7-8H2,1H3/t9-/m1/s1. The maximum absolute atomic E-state index is 11.9. The van der Waals surface area contributed by atoms with Gasteiger partial charge in [0.25, 0.3) is 0 Å². The second-order valence-electron chi connectivity index (χ2n) is 3.24. The SMILES string of the molecule is C[C@@H](NCCCF)c1ccccc1Br. The molecule has 0 aliphatic heterocycles. The van der Waals surface area contributed by atoms with Crippen LogP contribution in [0.4, 0.5) is 4.39 Å². The summed E-state index contributed by atoms with van der Waals surface area (Å²) in [5, 5.41) is 3.27. The lowest BCUT2D eigenvalue weighted by Crippen LogP contribution is -2.20. The number of hydrogen-bond donors (Lipinski definition) is 1. The van der Waals surface area contributed by atoms with E-state index in [1.165, 1.54) is 5.56 Å². The molecule has 1 atom stereocenters. The Labute approximate surface area is 92.8 Å². The van der Waals surface area contributed by atoms with Crippen LogP contribution in [0.5, 0.6) is 0 Å². The Morgan fingerprint density at radius 1 is 1.43 bits per heavy atom. The lowest BCUT2D eigenvalue weighted by Gasteiger charge is -2.15. The third kappa shape index (κ3) is 3.39. The monoisotopic (exact) mass is 259 g/mol. The van der Waals surface area contributed by atoms with Crippen LogP contribution < -0.4 is 5.32 Å². The van der Waals surface area contributed by atoms with E-state index in [1.807, 2.05) is 18.2 Å². The van der Waals surface area contributed by atoms with Crippen molar-refractivity contribution in [3.8, 4) is 0 Å². The zero-order valence-electron chi connectivity index (χ0n) is 8.26. The van der Waals surface area contributed by atoms with Gasteiger partial charge < -0.3 is 5.32 Å². The largest absolute Gasteiger partial charge is 0.310 e. The molecular formula is C11H15BrFN. The van der Waals surface area contributed by atoms with Crippen LogP contribution in [-0.2, 0) is 0 Å². The van der Waals surface area contributed by atoms with E-state index in [0.717, 1.165) is 11.0 Å². The molecule has 0 heterocycles. The molecule has 1 N–H and O–H groups in total. The van der Waals surface area contributed by atoms with Crippen LogP contribution in [0.15, 0.2) is 28.7 Å². The summed E-state index contributed by atoms with van der Waals surface area (Å²) in [6, 6.07) is 8.34. The van der Waals surface area contributed by atoms with Crippen LogP contribution in [0, 0.1) is 0 Å². The van der Waals surface area contributed by atoms with E-state index in [-0.39, 0.29) is 12.7 Å². The molecular weight excluding hydrogens is 245 g/mol. The van der Waals surface area contributed by atoms with E-state index < -0.39 is 0 Å². The molecule has 0 radical (unpaired) electrons. The quantitative estimate of drug-likeness (QED) is 0.799. The third-order valence-electron chi connectivity index (χ3n) is 2.13. The first-order chi connectivity index (χ1) is 6.75. The van der Waals surface area contributed by atoms with E-state index in [4.69, 9.17) is 0 Å². The molecule has 78 valence electrons. The molecule has 0 bridgehead atoms. The third-order valence-corrected chi connectivity index (χ3v) is 2.85. The van der Waals surface area contributed by atoms with E-state index in [2.05, 4.69) is 34.2 Å². The minimum absolute atomic E-state index is 0.254. The van der Waals surface area contributed by atoms with Crippen molar-refractivity contribution in [2.45, 2.75) is 19.4 Å². The molecule has 1 nitrogen and oxygen atoms in total. The summed E-state index contributed by atoms with van der Waals surface area (Å²) in [6.45, 7) is 2.55. The van der Waals surface area contributed by atoms with Gasteiger partial charge in [-0.3, -0.25) is 4.39 Å². The fourth-order valence-corrected chi connectivity index (χ4v) is 1.95. The predicted molar refractivity (Wildman–Crippen MR) is 61.2 cm³/mol. The molecule has 0 unspecified atom stereocenters. The second kappa shape index (κ2) is 6.14. The summed E-state index contributed by atoms with van der Waals surface area (Å²) in [5.74, 6) is 0. The van der Waals surface area contributed by atoms with Crippen LogP contribution in [0.25, 0.3) is 0 Å². The Balaban J connectivity index is 2.51. The van der Waals surface area contributed by atoms with Crippen molar-refractivity contribution < 1.29 is 4.39 Å². The van der Waals surface area contributed by atoms with Gasteiger partial charge in [-0.15, -0.1) is 0 Å². The molecule has 1 aromatic rings. The van der Waals surface area contributed by atoms with Gasteiger partial charge in [0.15, 0.2) is 0 Å². The highest BCUT2D eigenvalue weighted by atomic mass is 79.9. The van der Waals surface area contributed by atoms with Gasteiger partial charge in [-0.25, -0.2) is 0 Å². The average molecular weight is 260 g/mol. The molecule has 14 heavy (non-hydrogen) atoms. The van der Waals surface area contributed by atoms with Crippen molar-refractivity contribution in [2.24, 2.45) is 0 Å². The minimum atomic E-state index is -0.254. The molecule has 0 saturated heterocycles. The summed E-state index contributed by atoms with van der Waals surface area (Å²) in [7, 11) is 0.